The van der Waals surface area contributed by atoms with Gasteiger partial charge in [0, 0.05) is 16.2 Å². The molecule has 1 unspecified atom stereocenters. The fourth-order valence-electron chi connectivity index (χ4n) is 1.96. The van der Waals surface area contributed by atoms with Crippen LogP contribution in [0.4, 0.5) is 15.6 Å². The Morgan fingerprint density at radius 3 is 2.63 bits per heavy atom. The summed E-state index contributed by atoms with van der Waals surface area (Å²) in [7, 11) is 0. The maximum absolute atomic E-state index is 12.2. The molecule has 3 amide bonds. The topological polar surface area (TPSA) is 96.0 Å². The van der Waals surface area contributed by atoms with Crippen molar-refractivity contribution in [1.29, 1.82) is 0 Å². The van der Waals surface area contributed by atoms with Crippen LogP contribution in [0.15, 0.2) is 22.5 Å². The van der Waals surface area contributed by atoms with E-state index in [0.717, 1.165) is 11.3 Å². The van der Waals surface area contributed by atoms with E-state index in [1.807, 2.05) is 45.9 Å². The van der Waals surface area contributed by atoms with Gasteiger partial charge in [0.25, 0.3) is 0 Å². The summed E-state index contributed by atoms with van der Waals surface area (Å²) in [6, 6.07) is 5.05. The highest BCUT2D eigenvalue weighted by Gasteiger charge is 2.21. The molecule has 0 aliphatic rings. The summed E-state index contributed by atoms with van der Waals surface area (Å²) >= 11 is 8.68. The van der Waals surface area contributed by atoms with E-state index in [1.54, 1.807) is 6.92 Å². The van der Waals surface area contributed by atoms with E-state index < -0.39 is 22.7 Å². The second-order valence-corrected chi connectivity index (χ2v) is 9.84. The molecule has 10 heteroatoms. The highest BCUT2D eigenvalue weighted by Crippen LogP contribution is 2.32. The van der Waals surface area contributed by atoms with Crippen molar-refractivity contribution in [3.8, 4) is 0 Å². The van der Waals surface area contributed by atoms with Crippen molar-refractivity contribution in [2.75, 3.05) is 5.32 Å². The number of nitrogens with zero attached hydrogens (tertiary/aromatic N) is 2. The van der Waals surface area contributed by atoms with Gasteiger partial charge in [0.05, 0.1) is 5.25 Å². The zero-order valence-corrected chi connectivity index (χ0v) is 18.1. The SMILES string of the molecule is Cc1c(Cl)cccc1Nc1nnc(SC(C)C(=O)NC(=O)NC(C)(C)C)s1. The number of nitrogens with one attached hydrogen (secondary N) is 3. The van der Waals surface area contributed by atoms with E-state index in [9.17, 15) is 9.59 Å². The predicted octanol–water partition coefficient (Wildman–Crippen LogP) is 4.35. The summed E-state index contributed by atoms with van der Waals surface area (Å²) in [5, 5.41) is 17.1. The minimum Gasteiger partial charge on any atom is -0.333 e. The number of hydrogen-bond acceptors (Lipinski definition) is 7. The predicted molar refractivity (Wildman–Crippen MR) is 111 cm³/mol. The van der Waals surface area contributed by atoms with Crippen LogP contribution < -0.4 is 16.0 Å². The van der Waals surface area contributed by atoms with Crippen LogP contribution in [0.2, 0.25) is 5.02 Å². The van der Waals surface area contributed by atoms with Gasteiger partial charge in [-0.05, 0) is 52.3 Å². The van der Waals surface area contributed by atoms with Crippen molar-refractivity contribution in [2.45, 2.75) is 49.7 Å². The van der Waals surface area contributed by atoms with Crippen molar-refractivity contribution in [3.05, 3.63) is 28.8 Å². The lowest BCUT2D eigenvalue weighted by molar-refractivity contribution is -0.119. The zero-order chi connectivity index (χ0) is 20.2. The molecule has 7 nitrogen and oxygen atoms in total. The van der Waals surface area contributed by atoms with Crippen LogP contribution in [0.3, 0.4) is 0 Å². The summed E-state index contributed by atoms with van der Waals surface area (Å²) in [6.45, 7) is 9.14. The van der Waals surface area contributed by atoms with Crippen LogP contribution in [-0.2, 0) is 4.79 Å². The van der Waals surface area contributed by atoms with Gasteiger partial charge in [0.2, 0.25) is 11.0 Å². The molecule has 2 rings (SSSR count). The number of carbonyl (C=O) groups is 2. The molecule has 1 aromatic carbocycles. The van der Waals surface area contributed by atoms with Crippen LogP contribution in [0, 0.1) is 6.92 Å². The lowest BCUT2D eigenvalue weighted by Gasteiger charge is -2.20. The van der Waals surface area contributed by atoms with Crippen LogP contribution in [0.25, 0.3) is 0 Å². The third-order valence-corrected chi connectivity index (χ3v) is 5.72. The first kappa shape index (κ1) is 21.5. The largest absolute Gasteiger partial charge is 0.333 e. The molecule has 0 aliphatic heterocycles. The van der Waals surface area contributed by atoms with Gasteiger partial charge in [-0.2, -0.15) is 0 Å². The number of anilines is 2. The molecule has 1 atom stereocenters. The standard InChI is InChI=1S/C17H22ClN5O2S2/c1-9-11(18)7-6-8-12(9)19-15-22-23-16(27-15)26-10(2)13(24)20-14(25)21-17(3,4)5/h6-8,10H,1-5H3,(H,19,22)(H2,20,21,24,25). The van der Waals surface area contributed by atoms with Gasteiger partial charge in [0.15, 0.2) is 4.34 Å². The monoisotopic (exact) mass is 427 g/mol. The molecule has 2 aromatic rings. The Morgan fingerprint density at radius 2 is 1.96 bits per heavy atom. The Morgan fingerprint density at radius 1 is 1.26 bits per heavy atom. The van der Waals surface area contributed by atoms with Crippen molar-refractivity contribution in [1.82, 2.24) is 20.8 Å². The molecule has 1 aromatic heterocycles. The van der Waals surface area contributed by atoms with E-state index in [-0.39, 0.29) is 0 Å². The average Bonchev–Trinajstić information content (AvgIpc) is 2.97. The number of aromatic nitrogens is 2. The van der Waals surface area contributed by atoms with E-state index in [4.69, 9.17) is 11.6 Å². The highest BCUT2D eigenvalue weighted by atomic mass is 35.5. The van der Waals surface area contributed by atoms with Crippen molar-refractivity contribution >= 4 is 57.5 Å². The summed E-state index contributed by atoms with van der Waals surface area (Å²) < 4.78 is 0.621. The number of hydrogen-bond donors (Lipinski definition) is 3. The van der Waals surface area contributed by atoms with Gasteiger partial charge in [0.1, 0.15) is 0 Å². The molecule has 0 fully saturated rings. The van der Waals surface area contributed by atoms with Gasteiger partial charge in [-0.3, -0.25) is 10.1 Å². The quantitative estimate of drug-likeness (QED) is 0.614. The molecule has 0 saturated carbocycles. The first-order valence-electron chi connectivity index (χ1n) is 8.20. The molecule has 1 heterocycles. The van der Waals surface area contributed by atoms with Gasteiger partial charge in [-0.1, -0.05) is 40.8 Å². The Balaban J connectivity index is 1.93. The van der Waals surface area contributed by atoms with Gasteiger partial charge in [-0.25, -0.2) is 4.79 Å². The number of benzene rings is 1. The number of halogens is 1. The lowest BCUT2D eigenvalue weighted by atomic mass is 10.1. The van der Waals surface area contributed by atoms with Gasteiger partial charge in [-0.15, -0.1) is 10.2 Å². The van der Waals surface area contributed by atoms with Crippen molar-refractivity contribution < 1.29 is 9.59 Å². The highest BCUT2D eigenvalue weighted by molar-refractivity contribution is 8.02. The molecule has 0 spiro atoms. The minimum atomic E-state index is -0.518. The normalized spacial score (nSPS) is 12.4. The maximum atomic E-state index is 12.2. The average molecular weight is 428 g/mol. The van der Waals surface area contributed by atoms with Crippen molar-refractivity contribution in [2.24, 2.45) is 0 Å². The third-order valence-electron chi connectivity index (χ3n) is 3.29. The van der Waals surface area contributed by atoms with Gasteiger partial charge >= 0.3 is 6.03 Å². The van der Waals surface area contributed by atoms with Crippen LogP contribution in [0.5, 0.6) is 0 Å². The summed E-state index contributed by atoms with van der Waals surface area (Å²) in [6.07, 6.45) is 0. The fourth-order valence-corrected chi connectivity index (χ4v) is 4.04. The molecule has 0 radical (unpaired) electrons. The summed E-state index contributed by atoms with van der Waals surface area (Å²) in [4.78, 5) is 24.0. The maximum Gasteiger partial charge on any atom is 0.321 e. The smallest absolute Gasteiger partial charge is 0.321 e. The van der Waals surface area contributed by atoms with Crippen LogP contribution in [0.1, 0.15) is 33.3 Å². The number of urea groups is 1. The van der Waals surface area contributed by atoms with E-state index in [0.29, 0.717) is 14.5 Å². The van der Waals surface area contributed by atoms with E-state index in [2.05, 4.69) is 26.1 Å². The Hall–Kier alpha value is -1.84. The third kappa shape index (κ3) is 6.67. The molecule has 0 saturated heterocycles. The summed E-state index contributed by atoms with van der Waals surface area (Å²) in [5.41, 5.74) is 1.35. The number of thioether (sulfide) groups is 1. The Kier molecular flexibility index (Phi) is 7.07. The zero-order valence-electron chi connectivity index (χ0n) is 15.7. The first-order valence-corrected chi connectivity index (χ1v) is 10.3. The Labute approximate surface area is 171 Å². The summed E-state index contributed by atoms with van der Waals surface area (Å²) in [5.74, 6) is -0.392. The van der Waals surface area contributed by atoms with Crippen LogP contribution in [-0.4, -0.2) is 32.9 Å². The van der Waals surface area contributed by atoms with Crippen molar-refractivity contribution in [3.63, 3.8) is 0 Å². The van der Waals surface area contributed by atoms with Crippen LogP contribution >= 0.6 is 34.7 Å². The molecule has 27 heavy (non-hydrogen) atoms. The lowest BCUT2D eigenvalue weighted by Crippen LogP contribution is -2.49. The Bertz CT molecular complexity index is 835. The van der Waals surface area contributed by atoms with Gasteiger partial charge < -0.3 is 10.6 Å². The second kappa shape index (κ2) is 8.90. The van der Waals surface area contributed by atoms with E-state index in [1.165, 1.54) is 23.1 Å². The second-order valence-electron chi connectivity index (χ2n) is 6.86. The number of imide groups is 1. The molecular weight excluding hydrogens is 406 g/mol. The molecule has 0 aliphatic carbocycles. The number of carbonyl (C=O) groups excluding carboxylic acids is 2. The molecule has 0 bridgehead atoms. The number of rotatable bonds is 5. The molecule has 146 valence electrons. The first-order chi connectivity index (χ1) is 12.5. The fraction of sp³-hybridized carbons (Fsp3) is 0.412. The molecule has 3 N–H and O–H groups in total. The minimum absolute atomic E-state index is 0.392. The number of amides is 3. The molecular formula is C17H22ClN5O2S2. The van der Waals surface area contributed by atoms with E-state index >= 15 is 0 Å².